The summed E-state index contributed by atoms with van der Waals surface area (Å²) in [6.45, 7) is 2.01. The number of likely N-dealkylation sites (tertiary alicyclic amines) is 1. The van der Waals surface area contributed by atoms with Crippen LogP contribution in [0.4, 0.5) is 4.39 Å². The minimum atomic E-state index is -3.78. The number of halogens is 1. The lowest BCUT2D eigenvalue weighted by molar-refractivity contribution is 0.214. The molecule has 8 heteroatoms. The summed E-state index contributed by atoms with van der Waals surface area (Å²) in [4.78, 5) is 2.03. The molecule has 0 bridgehead atoms. The second-order valence-corrected chi connectivity index (χ2v) is 9.90. The molecule has 0 saturated carbocycles. The molecule has 1 unspecified atom stereocenters. The second kappa shape index (κ2) is 10.8. The van der Waals surface area contributed by atoms with Crippen LogP contribution in [0.15, 0.2) is 77.7 Å². The fourth-order valence-corrected chi connectivity index (χ4v) is 5.33. The van der Waals surface area contributed by atoms with Crippen molar-refractivity contribution in [3.8, 4) is 22.9 Å². The molecule has 0 spiro atoms. The Balaban J connectivity index is 1.25. The molecule has 1 atom stereocenters. The molecule has 0 amide bonds. The molecule has 0 radical (unpaired) electrons. The van der Waals surface area contributed by atoms with Crippen molar-refractivity contribution in [3.63, 3.8) is 0 Å². The number of nitrogens with one attached hydrogen (secondary N) is 1. The van der Waals surface area contributed by atoms with Gasteiger partial charge in [0.1, 0.15) is 11.6 Å². The van der Waals surface area contributed by atoms with Gasteiger partial charge in [0.2, 0.25) is 10.0 Å². The van der Waals surface area contributed by atoms with Gasteiger partial charge in [-0.1, -0.05) is 30.3 Å². The first-order chi connectivity index (χ1) is 16.4. The van der Waals surface area contributed by atoms with Crippen molar-refractivity contribution in [1.29, 1.82) is 5.26 Å². The Morgan fingerprint density at radius 2 is 1.76 bits per heavy atom. The molecular weight excluding hydrogens is 453 g/mol. The molecular formula is C26H26FN3O3S. The van der Waals surface area contributed by atoms with Crippen molar-refractivity contribution < 1.29 is 17.5 Å². The summed E-state index contributed by atoms with van der Waals surface area (Å²) in [5, 5.41) is 8.92. The fraction of sp³-hybridized carbons (Fsp3) is 0.269. The van der Waals surface area contributed by atoms with Crippen LogP contribution in [-0.2, 0) is 10.0 Å². The van der Waals surface area contributed by atoms with Gasteiger partial charge >= 0.3 is 0 Å². The average molecular weight is 480 g/mol. The first kappa shape index (κ1) is 23.9. The standard InChI is InChI=1S/C26H26FN3O3S/c27-23-4-1-5-25(18-23)34(31,32)29-26-6-2-15-30(26)16-3-17-33-24-13-11-22(12-14-24)21-9-7-20(19-28)8-10-21/h1,4-5,7-14,18,26,29H,2-3,6,15-17H2. The fourth-order valence-electron chi connectivity index (χ4n) is 4.05. The molecule has 3 aromatic rings. The van der Waals surface area contributed by atoms with E-state index in [0.717, 1.165) is 42.3 Å². The van der Waals surface area contributed by atoms with Gasteiger partial charge in [0.15, 0.2) is 0 Å². The molecule has 1 heterocycles. The summed E-state index contributed by atoms with van der Waals surface area (Å²) >= 11 is 0. The van der Waals surface area contributed by atoms with Crippen molar-refractivity contribution in [3.05, 3.63) is 84.2 Å². The summed E-state index contributed by atoms with van der Waals surface area (Å²) in [5.74, 6) is 0.190. The monoisotopic (exact) mass is 479 g/mol. The number of hydrogen-bond acceptors (Lipinski definition) is 5. The predicted molar refractivity (Wildman–Crippen MR) is 128 cm³/mol. The normalized spacial score (nSPS) is 16.3. The van der Waals surface area contributed by atoms with Crippen molar-refractivity contribution in [2.75, 3.05) is 19.7 Å². The van der Waals surface area contributed by atoms with Crippen LogP contribution in [0.1, 0.15) is 24.8 Å². The third-order valence-electron chi connectivity index (χ3n) is 5.82. The highest BCUT2D eigenvalue weighted by Gasteiger charge is 2.29. The predicted octanol–water partition coefficient (Wildman–Crippen LogP) is 4.53. The molecule has 1 aliphatic rings. The van der Waals surface area contributed by atoms with Gasteiger partial charge in [0, 0.05) is 6.54 Å². The molecule has 4 rings (SSSR count). The van der Waals surface area contributed by atoms with E-state index in [1.54, 1.807) is 12.1 Å². The van der Waals surface area contributed by atoms with Crippen LogP contribution in [0.2, 0.25) is 0 Å². The molecule has 1 aliphatic heterocycles. The van der Waals surface area contributed by atoms with E-state index in [-0.39, 0.29) is 11.1 Å². The lowest BCUT2D eigenvalue weighted by Crippen LogP contribution is -2.44. The summed E-state index contributed by atoms with van der Waals surface area (Å²) in [7, 11) is -3.78. The Bertz CT molecular complexity index is 1260. The molecule has 3 aromatic carbocycles. The molecule has 176 valence electrons. The molecule has 6 nitrogen and oxygen atoms in total. The third kappa shape index (κ3) is 6.00. The number of benzene rings is 3. The van der Waals surface area contributed by atoms with E-state index in [2.05, 4.69) is 15.7 Å². The first-order valence-corrected chi connectivity index (χ1v) is 12.7. The van der Waals surface area contributed by atoms with Gasteiger partial charge < -0.3 is 4.74 Å². The van der Waals surface area contributed by atoms with Crippen molar-refractivity contribution in [2.45, 2.75) is 30.3 Å². The highest BCUT2D eigenvalue weighted by molar-refractivity contribution is 7.89. The molecule has 0 aromatic heterocycles. The van der Waals surface area contributed by atoms with E-state index in [1.807, 2.05) is 36.4 Å². The Labute approximate surface area is 199 Å². The number of ether oxygens (including phenoxy) is 1. The van der Waals surface area contributed by atoms with Gasteiger partial charge in [-0.25, -0.2) is 12.8 Å². The van der Waals surface area contributed by atoms with Crippen molar-refractivity contribution in [2.24, 2.45) is 0 Å². The van der Waals surface area contributed by atoms with Crippen LogP contribution in [0.25, 0.3) is 11.1 Å². The lowest BCUT2D eigenvalue weighted by atomic mass is 10.0. The lowest BCUT2D eigenvalue weighted by Gasteiger charge is -2.25. The molecule has 1 fully saturated rings. The number of hydrogen-bond donors (Lipinski definition) is 1. The van der Waals surface area contributed by atoms with Gasteiger partial charge in [-0.15, -0.1) is 0 Å². The van der Waals surface area contributed by atoms with Crippen LogP contribution >= 0.6 is 0 Å². The first-order valence-electron chi connectivity index (χ1n) is 11.2. The zero-order chi connectivity index (χ0) is 24.0. The second-order valence-electron chi connectivity index (χ2n) is 8.19. The average Bonchev–Trinajstić information content (AvgIpc) is 3.28. The van der Waals surface area contributed by atoms with Gasteiger partial charge in [-0.2, -0.15) is 9.98 Å². The summed E-state index contributed by atoms with van der Waals surface area (Å²) in [6, 6.07) is 22.4. The zero-order valence-corrected chi connectivity index (χ0v) is 19.5. The van der Waals surface area contributed by atoms with Crippen LogP contribution in [-0.4, -0.2) is 39.2 Å². The molecule has 34 heavy (non-hydrogen) atoms. The van der Waals surface area contributed by atoms with Gasteiger partial charge in [-0.3, -0.25) is 4.90 Å². The van der Waals surface area contributed by atoms with Gasteiger partial charge in [-0.05, 0) is 79.4 Å². The Morgan fingerprint density at radius 3 is 2.44 bits per heavy atom. The van der Waals surface area contributed by atoms with Crippen LogP contribution < -0.4 is 9.46 Å². The number of nitrogens with zero attached hydrogens (tertiary/aromatic N) is 2. The zero-order valence-electron chi connectivity index (χ0n) is 18.7. The summed E-state index contributed by atoms with van der Waals surface area (Å²) < 4.78 is 47.3. The maximum Gasteiger partial charge on any atom is 0.242 e. The van der Waals surface area contributed by atoms with E-state index >= 15 is 0 Å². The Morgan fingerprint density at radius 1 is 1.06 bits per heavy atom. The van der Waals surface area contributed by atoms with Gasteiger partial charge in [0.25, 0.3) is 0 Å². The maximum absolute atomic E-state index is 13.4. The maximum atomic E-state index is 13.4. The number of rotatable bonds is 9. The Kier molecular flexibility index (Phi) is 7.58. The smallest absolute Gasteiger partial charge is 0.242 e. The summed E-state index contributed by atoms with van der Waals surface area (Å²) in [6.07, 6.45) is 2.05. The third-order valence-corrected chi connectivity index (χ3v) is 7.28. The van der Waals surface area contributed by atoms with Crippen molar-refractivity contribution >= 4 is 10.0 Å². The van der Waals surface area contributed by atoms with E-state index in [9.17, 15) is 12.8 Å². The van der Waals surface area contributed by atoms with Gasteiger partial charge in [0.05, 0.1) is 29.3 Å². The highest BCUT2D eigenvalue weighted by atomic mass is 32.2. The minimum absolute atomic E-state index is 0.0628. The summed E-state index contributed by atoms with van der Waals surface area (Å²) in [5.41, 5.74) is 2.71. The van der Waals surface area contributed by atoms with E-state index in [4.69, 9.17) is 10.00 Å². The van der Waals surface area contributed by atoms with Crippen molar-refractivity contribution in [1.82, 2.24) is 9.62 Å². The highest BCUT2D eigenvalue weighted by Crippen LogP contribution is 2.23. The number of sulfonamides is 1. The minimum Gasteiger partial charge on any atom is -0.494 e. The van der Waals surface area contributed by atoms with Crippen LogP contribution in [0.3, 0.4) is 0 Å². The van der Waals surface area contributed by atoms with E-state index in [1.165, 1.54) is 18.2 Å². The van der Waals surface area contributed by atoms with Crippen LogP contribution in [0.5, 0.6) is 5.75 Å². The van der Waals surface area contributed by atoms with E-state index in [0.29, 0.717) is 25.1 Å². The largest absolute Gasteiger partial charge is 0.494 e. The topological polar surface area (TPSA) is 82.4 Å². The van der Waals surface area contributed by atoms with Crippen LogP contribution in [0, 0.1) is 17.1 Å². The quantitative estimate of drug-likeness (QED) is 0.456. The van der Waals surface area contributed by atoms with E-state index < -0.39 is 15.8 Å². The molecule has 0 aliphatic carbocycles. The molecule has 1 N–H and O–H groups in total. The Hall–Kier alpha value is -3.25. The number of nitriles is 1. The molecule has 1 saturated heterocycles. The SMILES string of the molecule is N#Cc1ccc(-c2ccc(OCCCN3CCCC3NS(=O)(=O)c3cccc(F)c3)cc2)cc1.